The fraction of sp³-hybridized carbons (Fsp3) is 0.375. The SMILES string of the molecule is O=C(NCC[C@H]1CCCN1)c1ccc2ncccc2c1. The predicted octanol–water partition coefficient (Wildman–Crippen LogP) is 2.11. The Labute approximate surface area is 118 Å². The Balaban J connectivity index is 1.60. The fourth-order valence-corrected chi connectivity index (χ4v) is 2.68. The van der Waals surface area contributed by atoms with E-state index in [2.05, 4.69) is 15.6 Å². The van der Waals surface area contributed by atoms with E-state index >= 15 is 0 Å². The molecule has 1 amide bonds. The molecule has 1 aromatic heterocycles. The first kappa shape index (κ1) is 13.1. The highest BCUT2D eigenvalue weighted by atomic mass is 16.1. The minimum atomic E-state index is -0.00579. The van der Waals surface area contributed by atoms with E-state index in [9.17, 15) is 4.79 Å². The molecular formula is C16H19N3O. The van der Waals surface area contributed by atoms with Crippen molar-refractivity contribution in [1.82, 2.24) is 15.6 Å². The van der Waals surface area contributed by atoms with Crippen LogP contribution in [0.3, 0.4) is 0 Å². The maximum Gasteiger partial charge on any atom is 0.251 e. The van der Waals surface area contributed by atoms with Crippen LogP contribution < -0.4 is 10.6 Å². The number of carbonyl (C=O) groups excluding carboxylic acids is 1. The lowest BCUT2D eigenvalue weighted by molar-refractivity contribution is 0.0952. The number of pyridine rings is 1. The molecule has 4 nitrogen and oxygen atoms in total. The van der Waals surface area contributed by atoms with E-state index in [1.807, 2.05) is 30.3 Å². The molecule has 0 bridgehead atoms. The molecule has 4 heteroatoms. The third-order valence-corrected chi connectivity index (χ3v) is 3.81. The van der Waals surface area contributed by atoms with Crippen LogP contribution in [0.2, 0.25) is 0 Å². The minimum absolute atomic E-state index is 0.00579. The summed E-state index contributed by atoms with van der Waals surface area (Å²) < 4.78 is 0. The minimum Gasteiger partial charge on any atom is -0.352 e. The Morgan fingerprint density at radius 3 is 3.20 bits per heavy atom. The smallest absolute Gasteiger partial charge is 0.251 e. The molecule has 0 saturated carbocycles. The van der Waals surface area contributed by atoms with Gasteiger partial charge in [-0.2, -0.15) is 0 Å². The van der Waals surface area contributed by atoms with Crippen molar-refractivity contribution in [3.05, 3.63) is 42.1 Å². The molecule has 104 valence electrons. The normalized spacial score (nSPS) is 18.3. The van der Waals surface area contributed by atoms with E-state index in [1.165, 1.54) is 12.8 Å². The second-order valence-corrected chi connectivity index (χ2v) is 5.25. The number of nitrogens with one attached hydrogen (secondary N) is 2. The van der Waals surface area contributed by atoms with Crippen molar-refractivity contribution >= 4 is 16.8 Å². The average Bonchev–Trinajstić information content (AvgIpc) is 3.00. The molecule has 1 aliphatic rings. The second kappa shape index (κ2) is 6.01. The summed E-state index contributed by atoms with van der Waals surface area (Å²) in [5, 5.41) is 7.42. The first-order valence-electron chi connectivity index (χ1n) is 7.19. The summed E-state index contributed by atoms with van der Waals surface area (Å²) in [6, 6.07) is 10.0. The van der Waals surface area contributed by atoms with Crippen molar-refractivity contribution < 1.29 is 4.79 Å². The Morgan fingerprint density at radius 2 is 2.35 bits per heavy atom. The van der Waals surface area contributed by atoms with Gasteiger partial charge in [-0.25, -0.2) is 0 Å². The number of hydrogen-bond acceptors (Lipinski definition) is 3. The number of carbonyl (C=O) groups is 1. The van der Waals surface area contributed by atoms with E-state index in [4.69, 9.17) is 0 Å². The molecule has 1 aromatic carbocycles. The van der Waals surface area contributed by atoms with Gasteiger partial charge in [-0.05, 0) is 50.1 Å². The van der Waals surface area contributed by atoms with Crippen LogP contribution in [0.25, 0.3) is 10.9 Å². The molecule has 2 heterocycles. The number of benzene rings is 1. The molecular weight excluding hydrogens is 250 g/mol. The van der Waals surface area contributed by atoms with Gasteiger partial charge in [0.25, 0.3) is 5.91 Å². The van der Waals surface area contributed by atoms with Gasteiger partial charge in [0.15, 0.2) is 0 Å². The quantitative estimate of drug-likeness (QED) is 0.893. The summed E-state index contributed by atoms with van der Waals surface area (Å²) in [5.41, 5.74) is 1.61. The first-order chi connectivity index (χ1) is 9.83. The van der Waals surface area contributed by atoms with Crippen LogP contribution in [0.15, 0.2) is 36.5 Å². The highest BCUT2D eigenvalue weighted by Gasteiger charge is 2.14. The van der Waals surface area contributed by atoms with Crippen molar-refractivity contribution in [2.45, 2.75) is 25.3 Å². The van der Waals surface area contributed by atoms with Crippen molar-refractivity contribution in [2.75, 3.05) is 13.1 Å². The van der Waals surface area contributed by atoms with Crippen LogP contribution in [0.4, 0.5) is 0 Å². The number of hydrogen-bond donors (Lipinski definition) is 2. The first-order valence-corrected chi connectivity index (χ1v) is 7.19. The molecule has 0 unspecified atom stereocenters. The Kier molecular flexibility index (Phi) is 3.92. The van der Waals surface area contributed by atoms with Gasteiger partial charge in [0.2, 0.25) is 0 Å². The van der Waals surface area contributed by atoms with Crippen molar-refractivity contribution in [3.63, 3.8) is 0 Å². The van der Waals surface area contributed by atoms with Crippen LogP contribution in [0.1, 0.15) is 29.6 Å². The third-order valence-electron chi connectivity index (χ3n) is 3.81. The van der Waals surface area contributed by atoms with E-state index < -0.39 is 0 Å². The number of fused-ring (bicyclic) bond motifs is 1. The molecule has 1 atom stereocenters. The van der Waals surface area contributed by atoms with Gasteiger partial charge in [-0.3, -0.25) is 9.78 Å². The lowest BCUT2D eigenvalue weighted by atomic mass is 10.1. The lowest BCUT2D eigenvalue weighted by Crippen LogP contribution is -2.30. The van der Waals surface area contributed by atoms with E-state index in [0.717, 1.165) is 30.4 Å². The van der Waals surface area contributed by atoms with Crippen LogP contribution in [-0.2, 0) is 0 Å². The molecule has 3 rings (SSSR count). The van der Waals surface area contributed by atoms with Gasteiger partial charge in [-0.1, -0.05) is 6.07 Å². The zero-order valence-corrected chi connectivity index (χ0v) is 11.4. The van der Waals surface area contributed by atoms with Gasteiger partial charge in [0.1, 0.15) is 0 Å². The number of rotatable bonds is 4. The van der Waals surface area contributed by atoms with Gasteiger partial charge in [0.05, 0.1) is 5.52 Å². The molecule has 0 radical (unpaired) electrons. The van der Waals surface area contributed by atoms with Crippen LogP contribution in [-0.4, -0.2) is 30.0 Å². The summed E-state index contributed by atoms with van der Waals surface area (Å²) in [4.78, 5) is 16.4. The molecule has 2 N–H and O–H groups in total. The second-order valence-electron chi connectivity index (χ2n) is 5.25. The zero-order chi connectivity index (χ0) is 13.8. The summed E-state index contributed by atoms with van der Waals surface area (Å²) >= 11 is 0. The third kappa shape index (κ3) is 2.96. The number of amides is 1. The van der Waals surface area contributed by atoms with Crippen LogP contribution >= 0.6 is 0 Å². The Morgan fingerprint density at radius 1 is 1.40 bits per heavy atom. The molecule has 1 aliphatic heterocycles. The number of nitrogens with zero attached hydrogens (tertiary/aromatic N) is 1. The van der Waals surface area contributed by atoms with Crippen LogP contribution in [0, 0.1) is 0 Å². The molecule has 0 aliphatic carbocycles. The van der Waals surface area contributed by atoms with Gasteiger partial charge in [0, 0.05) is 29.7 Å². The predicted molar refractivity (Wildman–Crippen MR) is 79.7 cm³/mol. The highest BCUT2D eigenvalue weighted by molar-refractivity contribution is 5.97. The summed E-state index contributed by atoms with van der Waals surface area (Å²) in [7, 11) is 0. The van der Waals surface area contributed by atoms with Crippen molar-refractivity contribution in [2.24, 2.45) is 0 Å². The Hall–Kier alpha value is -1.94. The maximum absolute atomic E-state index is 12.1. The van der Waals surface area contributed by atoms with Gasteiger partial charge < -0.3 is 10.6 Å². The van der Waals surface area contributed by atoms with E-state index in [0.29, 0.717) is 11.6 Å². The number of aromatic nitrogens is 1. The van der Waals surface area contributed by atoms with Crippen molar-refractivity contribution in [1.29, 1.82) is 0 Å². The Bertz CT molecular complexity index is 605. The summed E-state index contributed by atoms with van der Waals surface area (Å²) in [6.45, 7) is 1.83. The van der Waals surface area contributed by atoms with Crippen molar-refractivity contribution in [3.8, 4) is 0 Å². The summed E-state index contributed by atoms with van der Waals surface area (Å²) in [5.74, 6) is -0.00579. The van der Waals surface area contributed by atoms with E-state index in [1.54, 1.807) is 6.20 Å². The maximum atomic E-state index is 12.1. The monoisotopic (exact) mass is 269 g/mol. The molecule has 0 spiro atoms. The van der Waals surface area contributed by atoms with Gasteiger partial charge in [-0.15, -0.1) is 0 Å². The topological polar surface area (TPSA) is 54.0 Å². The molecule has 1 fully saturated rings. The lowest BCUT2D eigenvalue weighted by Gasteiger charge is -2.11. The highest BCUT2D eigenvalue weighted by Crippen LogP contribution is 2.13. The zero-order valence-electron chi connectivity index (χ0n) is 11.4. The standard InChI is InChI=1S/C16H19N3O/c20-16(19-10-7-14-4-2-8-17-14)13-5-6-15-12(11-13)3-1-9-18-15/h1,3,5-6,9,11,14,17H,2,4,7-8,10H2,(H,19,20)/t14-/m1/s1. The molecule has 1 saturated heterocycles. The van der Waals surface area contributed by atoms with Gasteiger partial charge >= 0.3 is 0 Å². The van der Waals surface area contributed by atoms with Crippen LogP contribution in [0.5, 0.6) is 0 Å². The average molecular weight is 269 g/mol. The largest absolute Gasteiger partial charge is 0.352 e. The summed E-state index contributed by atoms with van der Waals surface area (Å²) in [6.07, 6.45) is 5.23. The molecule has 20 heavy (non-hydrogen) atoms. The van der Waals surface area contributed by atoms with E-state index in [-0.39, 0.29) is 5.91 Å². The molecule has 2 aromatic rings. The fourth-order valence-electron chi connectivity index (χ4n) is 2.68.